The number of carbonyl (C=O) groups is 1. The summed E-state index contributed by atoms with van der Waals surface area (Å²) < 4.78 is 39.5. The first-order valence-electron chi connectivity index (χ1n) is 3.87. The minimum Gasteiger partial charge on any atom is -0.463 e. The van der Waals surface area contributed by atoms with Gasteiger partial charge in [-0.1, -0.05) is 6.92 Å². The highest BCUT2D eigenvalue weighted by Gasteiger charge is 2.43. The van der Waals surface area contributed by atoms with E-state index in [4.69, 9.17) is 10.2 Å². The highest BCUT2D eigenvalue weighted by Crippen LogP contribution is 2.22. The Bertz CT molecular complexity index is 192. The van der Waals surface area contributed by atoms with E-state index < -0.39 is 31.0 Å². The van der Waals surface area contributed by atoms with Crippen LogP contribution in [0.25, 0.3) is 0 Å². The van der Waals surface area contributed by atoms with Crippen molar-refractivity contribution in [1.29, 1.82) is 0 Å². The Morgan fingerprint density at radius 3 is 2.29 bits per heavy atom. The number of hydrogen-bond donors (Lipinski definition) is 2. The molecule has 0 rings (SSSR count). The van der Waals surface area contributed by atoms with Crippen LogP contribution in [0.2, 0.25) is 0 Å². The minimum atomic E-state index is -4.92. The standard InChI is InChI=1S/C7H11F3O4/c1-2-5(12)14-3-4(11)6(13)7(8,9)10/h4,6,11,13H,2-3H2,1H3/t4-,6-/m0/s1. The van der Waals surface area contributed by atoms with Crippen LogP contribution in [0.4, 0.5) is 13.2 Å². The van der Waals surface area contributed by atoms with Crippen LogP contribution in [0.5, 0.6) is 0 Å². The molecule has 0 aliphatic rings. The first-order chi connectivity index (χ1) is 6.29. The second-order valence-electron chi connectivity index (χ2n) is 2.59. The van der Waals surface area contributed by atoms with Crippen LogP contribution in [0.3, 0.4) is 0 Å². The molecule has 0 spiro atoms. The van der Waals surface area contributed by atoms with Crippen molar-refractivity contribution in [3.05, 3.63) is 0 Å². The average molecular weight is 216 g/mol. The summed E-state index contributed by atoms with van der Waals surface area (Å²) in [5, 5.41) is 17.2. The van der Waals surface area contributed by atoms with Gasteiger partial charge in [0.2, 0.25) is 0 Å². The summed E-state index contributed by atoms with van der Waals surface area (Å²) in [6, 6.07) is 0. The van der Waals surface area contributed by atoms with E-state index in [0.717, 1.165) is 0 Å². The predicted octanol–water partition coefficient (Wildman–Crippen LogP) is 0.224. The van der Waals surface area contributed by atoms with Crippen LogP contribution in [-0.2, 0) is 9.53 Å². The summed E-state index contributed by atoms with van der Waals surface area (Å²) in [5.41, 5.74) is 0. The highest BCUT2D eigenvalue weighted by molar-refractivity contribution is 5.68. The smallest absolute Gasteiger partial charge is 0.417 e. The number of aliphatic hydroxyl groups is 2. The van der Waals surface area contributed by atoms with Crippen molar-refractivity contribution in [3.8, 4) is 0 Å². The zero-order valence-corrected chi connectivity index (χ0v) is 7.41. The number of esters is 1. The van der Waals surface area contributed by atoms with Crippen LogP contribution in [0.15, 0.2) is 0 Å². The lowest BCUT2D eigenvalue weighted by atomic mass is 10.2. The maximum Gasteiger partial charge on any atom is 0.417 e. The number of alkyl halides is 3. The van der Waals surface area contributed by atoms with E-state index >= 15 is 0 Å². The number of ether oxygens (including phenoxy) is 1. The van der Waals surface area contributed by atoms with Gasteiger partial charge in [0.1, 0.15) is 12.7 Å². The quantitative estimate of drug-likeness (QED) is 0.660. The summed E-state index contributed by atoms with van der Waals surface area (Å²) in [7, 11) is 0. The molecule has 0 aromatic rings. The summed E-state index contributed by atoms with van der Waals surface area (Å²) in [6.07, 6.45) is -9.97. The molecule has 0 saturated carbocycles. The zero-order valence-electron chi connectivity index (χ0n) is 7.41. The third kappa shape index (κ3) is 4.43. The fourth-order valence-electron chi connectivity index (χ4n) is 0.590. The average Bonchev–Trinajstić information content (AvgIpc) is 2.10. The van der Waals surface area contributed by atoms with Gasteiger partial charge in [0, 0.05) is 6.42 Å². The van der Waals surface area contributed by atoms with Gasteiger partial charge in [-0.05, 0) is 0 Å². The van der Waals surface area contributed by atoms with E-state index in [1.807, 2.05) is 0 Å². The largest absolute Gasteiger partial charge is 0.463 e. The van der Waals surface area contributed by atoms with E-state index in [9.17, 15) is 18.0 Å². The Morgan fingerprint density at radius 1 is 1.43 bits per heavy atom. The van der Waals surface area contributed by atoms with Gasteiger partial charge in [0.15, 0.2) is 6.10 Å². The van der Waals surface area contributed by atoms with E-state index in [0.29, 0.717) is 0 Å². The second-order valence-corrected chi connectivity index (χ2v) is 2.59. The Labute approximate surface area is 78.3 Å². The lowest BCUT2D eigenvalue weighted by Crippen LogP contribution is -2.42. The maximum absolute atomic E-state index is 11.8. The molecular weight excluding hydrogens is 205 g/mol. The fourth-order valence-corrected chi connectivity index (χ4v) is 0.590. The van der Waals surface area contributed by atoms with Crippen molar-refractivity contribution in [2.75, 3.05) is 6.61 Å². The third-order valence-electron chi connectivity index (χ3n) is 1.40. The number of carbonyl (C=O) groups excluding carboxylic acids is 1. The molecule has 0 heterocycles. The molecule has 84 valence electrons. The summed E-state index contributed by atoms with van der Waals surface area (Å²) in [5.74, 6) is -0.738. The van der Waals surface area contributed by atoms with Gasteiger partial charge in [0.25, 0.3) is 0 Å². The van der Waals surface area contributed by atoms with E-state index in [1.165, 1.54) is 6.92 Å². The van der Waals surface area contributed by atoms with Gasteiger partial charge in [-0.15, -0.1) is 0 Å². The van der Waals surface area contributed by atoms with E-state index in [-0.39, 0.29) is 6.42 Å². The molecule has 0 saturated heterocycles. The summed E-state index contributed by atoms with van der Waals surface area (Å²) in [6.45, 7) is 0.586. The molecule has 2 atom stereocenters. The van der Waals surface area contributed by atoms with Crippen LogP contribution in [0, 0.1) is 0 Å². The number of halogens is 3. The molecular formula is C7H11F3O4. The Hall–Kier alpha value is -0.820. The molecule has 0 bridgehead atoms. The molecule has 0 amide bonds. The molecule has 2 N–H and O–H groups in total. The number of rotatable bonds is 4. The molecule has 0 fully saturated rings. The number of aliphatic hydroxyl groups excluding tert-OH is 2. The molecule has 4 nitrogen and oxygen atoms in total. The SMILES string of the molecule is CCC(=O)OC[C@H](O)[C@H](O)C(F)(F)F. The lowest BCUT2D eigenvalue weighted by Gasteiger charge is -2.19. The predicted molar refractivity (Wildman–Crippen MR) is 39.3 cm³/mol. The van der Waals surface area contributed by atoms with Crippen LogP contribution >= 0.6 is 0 Å². The molecule has 7 heteroatoms. The summed E-state index contributed by atoms with van der Waals surface area (Å²) in [4.78, 5) is 10.5. The minimum absolute atomic E-state index is 0.00513. The van der Waals surface area contributed by atoms with E-state index in [2.05, 4.69) is 4.74 Å². The first kappa shape index (κ1) is 13.2. The highest BCUT2D eigenvalue weighted by atomic mass is 19.4. The fraction of sp³-hybridized carbons (Fsp3) is 0.857. The van der Waals surface area contributed by atoms with Gasteiger partial charge in [0.05, 0.1) is 0 Å². The van der Waals surface area contributed by atoms with Crippen LogP contribution in [0.1, 0.15) is 13.3 Å². The van der Waals surface area contributed by atoms with Gasteiger partial charge >= 0.3 is 12.1 Å². The van der Waals surface area contributed by atoms with Crippen molar-refractivity contribution in [2.45, 2.75) is 31.7 Å². The van der Waals surface area contributed by atoms with Crippen LogP contribution < -0.4 is 0 Å². The van der Waals surface area contributed by atoms with Crippen molar-refractivity contribution in [2.24, 2.45) is 0 Å². The van der Waals surface area contributed by atoms with Gasteiger partial charge in [-0.25, -0.2) is 0 Å². The summed E-state index contributed by atoms with van der Waals surface area (Å²) >= 11 is 0. The Kier molecular flexibility index (Phi) is 4.86. The third-order valence-corrected chi connectivity index (χ3v) is 1.40. The van der Waals surface area contributed by atoms with Gasteiger partial charge in [-0.3, -0.25) is 4.79 Å². The van der Waals surface area contributed by atoms with Crippen molar-refractivity contribution >= 4 is 5.97 Å². The molecule has 14 heavy (non-hydrogen) atoms. The normalized spacial score (nSPS) is 16.1. The Balaban J connectivity index is 3.96. The molecule has 0 aliphatic carbocycles. The zero-order chi connectivity index (χ0) is 11.4. The first-order valence-corrected chi connectivity index (χ1v) is 3.87. The molecule has 0 aromatic carbocycles. The van der Waals surface area contributed by atoms with Crippen LogP contribution in [-0.4, -0.2) is 41.2 Å². The lowest BCUT2D eigenvalue weighted by molar-refractivity contribution is -0.235. The van der Waals surface area contributed by atoms with Crippen molar-refractivity contribution in [3.63, 3.8) is 0 Å². The molecule has 0 unspecified atom stereocenters. The second kappa shape index (κ2) is 5.16. The molecule has 0 radical (unpaired) electrons. The number of hydrogen-bond acceptors (Lipinski definition) is 4. The Morgan fingerprint density at radius 2 is 1.93 bits per heavy atom. The topological polar surface area (TPSA) is 66.8 Å². The van der Waals surface area contributed by atoms with Gasteiger partial charge in [-0.2, -0.15) is 13.2 Å². The molecule has 0 aliphatic heterocycles. The monoisotopic (exact) mass is 216 g/mol. The van der Waals surface area contributed by atoms with E-state index in [1.54, 1.807) is 0 Å². The molecule has 0 aromatic heterocycles. The van der Waals surface area contributed by atoms with Crippen molar-refractivity contribution < 1.29 is 32.9 Å². The van der Waals surface area contributed by atoms with Gasteiger partial charge < -0.3 is 14.9 Å². The van der Waals surface area contributed by atoms with Crippen molar-refractivity contribution in [1.82, 2.24) is 0 Å². The maximum atomic E-state index is 11.8.